The molecule has 0 radical (unpaired) electrons. The highest BCUT2D eigenvalue weighted by atomic mass is 16.4. The number of anilines is 3. The molecule has 0 aliphatic heterocycles. The van der Waals surface area contributed by atoms with Crippen LogP contribution in [0.4, 0.5) is 17.1 Å². The van der Waals surface area contributed by atoms with Crippen LogP contribution >= 0.6 is 0 Å². The van der Waals surface area contributed by atoms with Gasteiger partial charge in [0.1, 0.15) is 37.4 Å². The number of unbranched alkanes of at least 4 members (excludes halogenated alkanes) is 3. The molecule has 0 saturated carbocycles. The first-order valence-corrected chi connectivity index (χ1v) is 21.9. The predicted molar refractivity (Wildman–Crippen MR) is 247 cm³/mol. The third-order valence-electron chi connectivity index (χ3n) is 10.3. The zero-order valence-electron chi connectivity index (χ0n) is 37.1. The van der Waals surface area contributed by atoms with E-state index in [1.165, 1.54) is 0 Å². The fraction of sp³-hybridized carbons (Fsp3) is 0.413. The van der Waals surface area contributed by atoms with E-state index in [1.54, 1.807) is 72.8 Å². The van der Waals surface area contributed by atoms with Crippen molar-refractivity contribution in [3.8, 4) is 0 Å². The van der Waals surface area contributed by atoms with Crippen LogP contribution in [-0.4, -0.2) is 106 Å². The number of benzene rings is 3. The number of carboxylic acid groups (broad SMARTS) is 3. The fourth-order valence-electron chi connectivity index (χ4n) is 6.98. The Bertz CT molecular complexity index is 1910. The van der Waals surface area contributed by atoms with Gasteiger partial charge in [-0.1, -0.05) is 36.4 Å². The molecule has 3 atom stereocenters. The molecule has 362 valence electrons. The Morgan fingerprint density at radius 3 is 0.836 bits per heavy atom. The van der Waals surface area contributed by atoms with E-state index in [0.29, 0.717) is 75.2 Å². The first-order valence-electron chi connectivity index (χ1n) is 21.9. The smallest absolute Gasteiger partial charge is 0.312 e. The van der Waals surface area contributed by atoms with Crippen molar-refractivity contribution in [1.82, 2.24) is 16.0 Å². The third kappa shape index (κ3) is 19.8. The number of carbonyl (C=O) groups is 9. The van der Waals surface area contributed by atoms with Crippen molar-refractivity contribution in [3.05, 3.63) is 89.5 Å². The number of amides is 6. The van der Waals surface area contributed by atoms with Crippen molar-refractivity contribution >= 4 is 70.4 Å². The van der Waals surface area contributed by atoms with Crippen molar-refractivity contribution in [2.24, 2.45) is 17.2 Å². The van der Waals surface area contributed by atoms with Crippen LogP contribution in [0.25, 0.3) is 0 Å². The Balaban J connectivity index is 1.95. The van der Waals surface area contributed by atoms with Crippen molar-refractivity contribution < 1.29 is 58.5 Å². The van der Waals surface area contributed by atoms with Crippen molar-refractivity contribution in [2.45, 2.75) is 101 Å². The highest BCUT2D eigenvalue weighted by Crippen LogP contribution is 2.34. The summed E-state index contributed by atoms with van der Waals surface area (Å²) in [6.45, 7) is 1.10. The van der Waals surface area contributed by atoms with Crippen LogP contribution in [0.15, 0.2) is 72.8 Å². The molecule has 0 aliphatic rings. The van der Waals surface area contributed by atoms with E-state index in [9.17, 15) is 43.2 Å². The molecular weight excluding hydrogens is 871 g/mol. The van der Waals surface area contributed by atoms with Crippen LogP contribution in [0.1, 0.15) is 99.7 Å². The number of carbonyl (C=O) groups excluding carboxylic acids is 6. The molecule has 0 aromatic heterocycles. The van der Waals surface area contributed by atoms with E-state index < -0.39 is 96.7 Å². The molecule has 0 spiro atoms. The molecule has 0 heterocycles. The number of nitrogens with one attached hydrogen (secondary N) is 6. The van der Waals surface area contributed by atoms with Gasteiger partial charge in [-0.3, -0.25) is 43.2 Å². The van der Waals surface area contributed by atoms with E-state index in [4.69, 9.17) is 32.5 Å². The fourth-order valence-corrected chi connectivity index (χ4v) is 6.98. The standard InChI is InChI=1S/C46H61N9O12/c47-22-4-1-7-34(53-37(56)25-40(59)60)44(65)50-31-16-10-28(11-17-31)43(29-12-18-32(19-13-29)51-45(66)35(8-2-5-23-48)54-38(57)26-41(61)62)30-14-20-33(21-15-30)52-46(67)36(9-3-6-24-49)55-39(58)27-42(63)64/h10-21,34-36,43H,1-9,22-27,47-49H2,(H,50,65)(H,51,66)(H,52,67)(H,53,56)(H,54,57)(H,55,58)(H,59,60)(H,61,62)(H,63,64)/t34-,35-,36-/m1/s1. The SMILES string of the molecule is NCCCC[C@@H](NC(=O)CC(=O)O)C(=O)Nc1ccc(C(c2ccc(NC(=O)[C@@H](CCCCN)NC(=O)CC(=O)O)cc2)c2ccc(NC(=O)[C@@H](CCCCN)NC(=O)CC(=O)O)cc2)cc1. The number of hydrogen-bond donors (Lipinski definition) is 12. The lowest BCUT2D eigenvalue weighted by atomic mass is 9.85. The normalized spacial score (nSPS) is 12.2. The molecule has 3 aromatic carbocycles. The molecule has 0 fully saturated rings. The summed E-state index contributed by atoms with van der Waals surface area (Å²) >= 11 is 0. The number of hydrogen-bond acceptors (Lipinski definition) is 12. The number of nitrogens with two attached hydrogens (primary N) is 3. The Hall–Kier alpha value is -7.23. The van der Waals surface area contributed by atoms with Gasteiger partial charge in [-0.2, -0.15) is 0 Å². The molecule has 67 heavy (non-hydrogen) atoms. The molecule has 21 nitrogen and oxygen atoms in total. The van der Waals surface area contributed by atoms with E-state index in [-0.39, 0.29) is 19.3 Å². The molecule has 15 N–H and O–H groups in total. The van der Waals surface area contributed by atoms with E-state index >= 15 is 0 Å². The largest absolute Gasteiger partial charge is 0.481 e. The van der Waals surface area contributed by atoms with Gasteiger partial charge in [-0.05, 0) is 131 Å². The Kier molecular flexibility index (Phi) is 23.1. The lowest BCUT2D eigenvalue weighted by Crippen LogP contribution is -2.44. The highest BCUT2D eigenvalue weighted by Gasteiger charge is 2.26. The van der Waals surface area contributed by atoms with E-state index in [0.717, 1.165) is 16.7 Å². The van der Waals surface area contributed by atoms with Gasteiger partial charge in [0, 0.05) is 23.0 Å². The average molecular weight is 932 g/mol. The first kappa shape index (κ1) is 54.1. The van der Waals surface area contributed by atoms with Gasteiger partial charge >= 0.3 is 17.9 Å². The van der Waals surface area contributed by atoms with Crippen LogP contribution in [0.2, 0.25) is 0 Å². The van der Waals surface area contributed by atoms with Crippen LogP contribution in [0.3, 0.4) is 0 Å². The van der Waals surface area contributed by atoms with Gasteiger partial charge in [0.25, 0.3) is 0 Å². The van der Waals surface area contributed by atoms with Crippen molar-refractivity contribution in [1.29, 1.82) is 0 Å². The summed E-state index contributed by atoms with van der Waals surface area (Å²) in [7, 11) is 0. The Morgan fingerprint density at radius 1 is 0.388 bits per heavy atom. The van der Waals surface area contributed by atoms with Gasteiger partial charge in [-0.15, -0.1) is 0 Å². The summed E-state index contributed by atoms with van der Waals surface area (Å²) in [6, 6.07) is 17.5. The zero-order valence-corrected chi connectivity index (χ0v) is 37.1. The quantitative estimate of drug-likeness (QED) is 0.0258. The molecule has 0 saturated heterocycles. The van der Waals surface area contributed by atoms with Gasteiger partial charge in [0.05, 0.1) is 0 Å². The molecule has 0 bridgehead atoms. The number of aliphatic carboxylic acids is 3. The first-order chi connectivity index (χ1) is 32.0. The zero-order chi connectivity index (χ0) is 49.3. The summed E-state index contributed by atoms with van der Waals surface area (Å²) in [5.74, 6) is -8.62. The monoisotopic (exact) mass is 931 g/mol. The lowest BCUT2D eigenvalue weighted by Gasteiger charge is -2.22. The maximum Gasteiger partial charge on any atom is 0.312 e. The molecule has 0 aliphatic carbocycles. The summed E-state index contributed by atoms with van der Waals surface area (Å²) in [5, 5.41) is 42.9. The van der Waals surface area contributed by atoms with E-state index in [1.807, 2.05) is 0 Å². The third-order valence-corrected chi connectivity index (χ3v) is 10.3. The van der Waals surface area contributed by atoms with E-state index in [2.05, 4.69) is 31.9 Å². The molecular formula is C46H61N9O12. The number of carboxylic acids is 3. The second-order valence-electron chi connectivity index (χ2n) is 15.7. The van der Waals surface area contributed by atoms with Crippen molar-refractivity contribution in [3.63, 3.8) is 0 Å². The van der Waals surface area contributed by atoms with Crippen LogP contribution < -0.4 is 49.1 Å². The van der Waals surface area contributed by atoms with Crippen LogP contribution in [-0.2, 0) is 43.2 Å². The van der Waals surface area contributed by atoms with Gasteiger partial charge in [-0.25, -0.2) is 0 Å². The minimum absolute atomic E-state index is 0.226. The van der Waals surface area contributed by atoms with Gasteiger partial charge < -0.3 is 64.4 Å². The average Bonchev–Trinajstić information content (AvgIpc) is 3.26. The molecule has 3 aromatic rings. The van der Waals surface area contributed by atoms with Gasteiger partial charge in [0.2, 0.25) is 35.4 Å². The molecule has 6 amide bonds. The molecule has 3 rings (SSSR count). The number of rotatable bonds is 30. The minimum atomic E-state index is -1.34. The van der Waals surface area contributed by atoms with Crippen molar-refractivity contribution in [2.75, 3.05) is 35.6 Å². The topological polar surface area (TPSA) is 365 Å². The molecule has 21 heteroatoms. The minimum Gasteiger partial charge on any atom is -0.481 e. The Labute approximate surface area is 387 Å². The maximum atomic E-state index is 13.3. The van der Waals surface area contributed by atoms with Gasteiger partial charge in [0.15, 0.2) is 0 Å². The summed E-state index contributed by atoms with van der Waals surface area (Å²) in [6.07, 6.45) is 1.54. The summed E-state index contributed by atoms with van der Waals surface area (Å²) in [4.78, 5) is 110. The highest BCUT2D eigenvalue weighted by molar-refractivity contribution is 6.02. The maximum absolute atomic E-state index is 13.3. The second kappa shape index (κ2) is 28.6. The molecule has 0 unspecified atom stereocenters. The summed E-state index contributed by atoms with van der Waals surface area (Å²) < 4.78 is 0. The second-order valence-corrected chi connectivity index (χ2v) is 15.7. The van der Waals surface area contributed by atoms with Crippen LogP contribution in [0, 0.1) is 0 Å². The summed E-state index contributed by atoms with van der Waals surface area (Å²) in [5.41, 5.74) is 20.2. The van der Waals surface area contributed by atoms with Crippen LogP contribution in [0.5, 0.6) is 0 Å². The predicted octanol–water partition coefficient (Wildman–Crippen LogP) is 1.95. The Morgan fingerprint density at radius 2 is 0.627 bits per heavy atom. The lowest BCUT2D eigenvalue weighted by molar-refractivity contribution is -0.143.